The molecule has 2 aliphatic rings. The topological polar surface area (TPSA) is 120 Å². The molecule has 1 aromatic carbocycles. The summed E-state index contributed by atoms with van der Waals surface area (Å²) in [6.07, 6.45) is 3.41. The molecule has 2 aliphatic heterocycles. The second kappa shape index (κ2) is 10.3. The molecule has 13 heteroatoms. The molecule has 0 saturated carbocycles. The number of nitrogens with two attached hydrogens (primary N) is 1. The van der Waals surface area contributed by atoms with Gasteiger partial charge in [-0.3, -0.25) is 4.90 Å². The third-order valence-electron chi connectivity index (χ3n) is 7.82. The molecular formula is C27H30FN9O2S. The van der Waals surface area contributed by atoms with Gasteiger partial charge in [-0.15, -0.1) is 0 Å². The van der Waals surface area contributed by atoms with Crippen LogP contribution < -0.4 is 15.5 Å². The van der Waals surface area contributed by atoms with Gasteiger partial charge in [-0.1, -0.05) is 11.2 Å². The minimum absolute atomic E-state index is 0.201. The lowest BCUT2D eigenvalue weighted by Crippen LogP contribution is -2.47. The number of imidazole rings is 1. The quantitative estimate of drug-likeness (QED) is 0.311. The molecule has 0 spiro atoms. The van der Waals surface area contributed by atoms with Crippen molar-refractivity contribution < 1.29 is 13.4 Å². The summed E-state index contributed by atoms with van der Waals surface area (Å²) in [5.41, 5.74) is 10.7. The normalized spacial score (nSPS) is 17.4. The van der Waals surface area contributed by atoms with Crippen molar-refractivity contribution in [3.8, 4) is 11.5 Å². The lowest BCUT2D eigenvalue weighted by Gasteiger charge is -2.36. The van der Waals surface area contributed by atoms with Gasteiger partial charge in [0.2, 0.25) is 5.95 Å². The molecule has 0 unspecified atom stereocenters. The lowest BCUT2D eigenvalue weighted by molar-refractivity contribution is 0.248. The predicted octanol–water partition coefficient (Wildman–Crippen LogP) is 2.45. The number of nitrogen functional groups attached to an aromatic ring is 1. The maximum absolute atomic E-state index is 15.1. The van der Waals surface area contributed by atoms with Crippen molar-refractivity contribution in [1.29, 1.82) is 0 Å². The highest BCUT2D eigenvalue weighted by molar-refractivity contribution is 7.91. The summed E-state index contributed by atoms with van der Waals surface area (Å²) in [5.74, 6) is 2.03. The molecular weight excluding hydrogens is 533 g/mol. The van der Waals surface area contributed by atoms with Crippen molar-refractivity contribution >= 4 is 45.2 Å². The van der Waals surface area contributed by atoms with E-state index in [1.54, 1.807) is 23.2 Å². The fourth-order valence-corrected chi connectivity index (χ4v) is 6.62. The van der Waals surface area contributed by atoms with Crippen molar-refractivity contribution in [1.82, 2.24) is 29.0 Å². The van der Waals surface area contributed by atoms with Crippen molar-refractivity contribution in [3.05, 3.63) is 54.8 Å². The van der Waals surface area contributed by atoms with Crippen LogP contribution in [0.3, 0.4) is 0 Å². The summed E-state index contributed by atoms with van der Waals surface area (Å²) in [5, 5.41) is 4.54. The minimum atomic E-state index is -0.751. The first-order valence-electron chi connectivity index (χ1n) is 13.4. The number of rotatable bonds is 6. The SMILES string of the molecule is Nc1nc2c(ncn2CCN2CCN(c3ccc(N4CC[S+]([O-])CC4)cc3F)CC2)c2cc(-c3ccco3)nn12. The van der Waals surface area contributed by atoms with Crippen LogP contribution in [0.2, 0.25) is 0 Å². The molecule has 0 radical (unpaired) electrons. The van der Waals surface area contributed by atoms with Gasteiger partial charge in [0.05, 0.1) is 31.4 Å². The Morgan fingerprint density at radius 1 is 1.00 bits per heavy atom. The van der Waals surface area contributed by atoms with E-state index in [0.717, 1.165) is 55.1 Å². The standard InChI is InChI=1S/C27H30FN9O2S/c28-20-16-19(34-11-14-40(38)15-12-34)3-4-22(20)35-8-5-33(6-9-35)7-10-36-18-30-25-23-17-21(24-2-1-13-39-24)32-37(23)27(29)31-26(25)36/h1-4,13,16-18H,5-12,14-15H2,(H2,29,31). The molecule has 5 aromatic rings. The van der Waals surface area contributed by atoms with Gasteiger partial charge in [0.25, 0.3) is 0 Å². The molecule has 0 amide bonds. The van der Waals surface area contributed by atoms with E-state index in [-0.39, 0.29) is 5.82 Å². The van der Waals surface area contributed by atoms with Crippen LogP contribution in [-0.2, 0) is 17.7 Å². The molecule has 0 aliphatic carbocycles. The zero-order chi connectivity index (χ0) is 27.2. The van der Waals surface area contributed by atoms with Crippen LogP contribution in [0.25, 0.3) is 28.1 Å². The van der Waals surface area contributed by atoms with E-state index in [1.807, 2.05) is 34.9 Å². The van der Waals surface area contributed by atoms with E-state index >= 15 is 4.39 Å². The fourth-order valence-electron chi connectivity index (χ4n) is 5.57. The Hall–Kier alpha value is -3.81. The summed E-state index contributed by atoms with van der Waals surface area (Å²) in [7, 11) is 0. The Morgan fingerprint density at radius 3 is 2.58 bits per heavy atom. The predicted molar refractivity (Wildman–Crippen MR) is 154 cm³/mol. The first kappa shape index (κ1) is 25.2. The maximum atomic E-state index is 15.1. The molecule has 2 N–H and O–H groups in total. The van der Waals surface area contributed by atoms with Crippen molar-refractivity contribution in [2.75, 3.05) is 72.9 Å². The van der Waals surface area contributed by atoms with Gasteiger partial charge in [-0.05, 0) is 36.4 Å². The summed E-state index contributed by atoms with van der Waals surface area (Å²) in [6, 6.07) is 11.1. The number of furan rings is 1. The summed E-state index contributed by atoms with van der Waals surface area (Å²) < 4.78 is 35.8. The number of benzene rings is 1. The molecule has 0 atom stereocenters. The molecule has 40 heavy (non-hydrogen) atoms. The Bertz CT molecular complexity index is 1640. The van der Waals surface area contributed by atoms with Crippen LogP contribution in [0.5, 0.6) is 0 Å². The molecule has 208 valence electrons. The van der Waals surface area contributed by atoms with E-state index < -0.39 is 11.2 Å². The monoisotopic (exact) mass is 563 g/mol. The summed E-state index contributed by atoms with van der Waals surface area (Å²) in [4.78, 5) is 15.8. The number of halogens is 1. The fraction of sp³-hybridized carbons (Fsp3) is 0.370. The van der Waals surface area contributed by atoms with Gasteiger partial charge in [0, 0.05) is 45.0 Å². The zero-order valence-electron chi connectivity index (χ0n) is 21.9. The zero-order valence-corrected chi connectivity index (χ0v) is 22.8. The van der Waals surface area contributed by atoms with Gasteiger partial charge in [-0.2, -0.15) is 14.6 Å². The number of hydrogen-bond donors (Lipinski definition) is 1. The maximum Gasteiger partial charge on any atom is 0.223 e. The van der Waals surface area contributed by atoms with E-state index in [2.05, 4.69) is 29.8 Å². The van der Waals surface area contributed by atoms with Gasteiger partial charge >= 0.3 is 0 Å². The Morgan fingerprint density at radius 2 is 1.82 bits per heavy atom. The number of nitrogens with zero attached hydrogens (tertiary/aromatic N) is 8. The van der Waals surface area contributed by atoms with E-state index in [9.17, 15) is 4.55 Å². The largest absolute Gasteiger partial charge is 0.616 e. The smallest absolute Gasteiger partial charge is 0.223 e. The van der Waals surface area contributed by atoms with Crippen LogP contribution >= 0.6 is 0 Å². The number of aromatic nitrogens is 5. The third-order valence-corrected chi connectivity index (χ3v) is 9.09. The minimum Gasteiger partial charge on any atom is -0.616 e. The molecule has 7 rings (SSSR count). The van der Waals surface area contributed by atoms with Crippen molar-refractivity contribution in [2.24, 2.45) is 0 Å². The van der Waals surface area contributed by atoms with Crippen LogP contribution in [0.15, 0.2) is 53.4 Å². The van der Waals surface area contributed by atoms with Crippen LogP contribution in [0.4, 0.5) is 21.7 Å². The van der Waals surface area contributed by atoms with E-state index in [4.69, 9.17) is 10.2 Å². The average Bonchev–Trinajstić information content (AvgIpc) is 3.73. The van der Waals surface area contributed by atoms with Crippen molar-refractivity contribution in [2.45, 2.75) is 6.54 Å². The number of anilines is 3. The van der Waals surface area contributed by atoms with E-state index in [1.165, 1.54) is 0 Å². The van der Waals surface area contributed by atoms with Gasteiger partial charge in [0.1, 0.15) is 34.1 Å². The molecule has 0 bridgehead atoms. The average molecular weight is 564 g/mol. The Kier molecular flexibility index (Phi) is 6.48. The Balaban J connectivity index is 0.995. The molecule has 6 heterocycles. The summed E-state index contributed by atoms with van der Waals surface area (Å²) >= 11 is -0.751. The highest BCUT2D eigenvalue weighted by Gasteiger charge is 2.23. The second-order valence-electron chi connectivity index (χ2n) is 10.2. The number of piperazine rings is 1. The van der Waals surface area contributed by atoms with E-state index in [0.29, 0.717) is 54.2 Å². The lowest BCUT2D eigenvalue weighted by atomic mass is 10.2. The highest BCUT2D eigenvalue weighted by atomic mass is 32.2. The van der Waals surface area contributed by atoms with Crippen LogP contribution in [0, 0.1) is 5.82 Å². The first-order chi connectivity index (χ1) is 19.5. The van der Waals surface area contributed by atoms with Crippen molar-refractivity contribution in [3.63, 3.8) is 0 Å². The number of fused-ring (bicyclic) bond motifs is 3. The molecule has 2 fully saturated rings. The third kappa shape index (κ3) is 4.63. The number of hydrogen-bond acceptors (Lipinski definition) is 9. The Labute approximate surface area is 233 Å². The molecule has 4 aromatic heterocycles. The van der Waals surface area contributed by atoms with Gasteiger partial charge in [0.15, 0.2) is 11.4 Å². The first-order valence-corrected chi connectivity index (χ1v) is 14.9. The summed E-state index contributed by atoms with van der Waals surface area (Å²) in [6.45, 7) is 6.11. The second-order valence-corrected chi connectivity index (χ2v) is 11.9. The highest BCUT2D eigenvalue weighted by Crippen LogP contribution is 2.28. The van der Waals surface area contributed by atoms with Crippen LogP contribution in [0.1, 0.15) is 0 Å². The molecule has 2 saturated heterocycles. The molecule has 11 nitrogen and oxygen atoms in total. The van der Waals surface area contributed by atoms with Gasteiger partial charge < -0.3 is 29.1 Å². The van der Waals surface area contributed by atoms with Crippen LogP contribution in [-0.4, -0.2) is 90.9 Å². The van der Waals surface area contributed by atoms with Gasteiger partial charge in [-0.25, -0.2) is 9.37 Å².